The fourth-order valence-electron chi connectivity index (χ4n) is 1.60. The molecule has 0 saturated carbocycles. The average Bonchev–Trinajstić information content (AvgIpc) is 2.73. The Hall–Kier alpha value is -0.610. The minimum absolute atomic E-state index is 0.669. The highest BCUT2D eigenvalue weighted by Crippen LogP contribution is 2.20. The van der Waals surface area contributed by atoms with E-state index in [0.717, 1.165) is 30.8 Å². The van der Waals surface area contributed by atoms with Crippen molar-refractivity contribution in [3.63, 3.8) is 0 Å². The van der Waals surface area contributed by atoms with Crippen LogP contribution in [0.4, 0.5) is 0 Å². The second-order valence-corrected chi connectivity index (χ2v) is 5.83. The lowest BCUT2D eigenvalue weighted by atomic mass is 10.2. The second-order valence-electron chi connectivity index (χ2n) is 4.05. The molecule has 96 valence electrons. The van der Waals surface area contributed by atoms with Crippen LogP contribution >= 0.6 is 34.5 Å². The van der Waals surface area contributed by atoms with Crippen molar-refractivity contribution in [2.45, 2.75) is 19.9 Å². The van der Waals surface area contributed by atoms with Gasteiger partial charge in [-0.3, -0.25) is 0 Å². The summed E-state index contributed by atoms with van der Waals surface area (Å²) < 4.78 is 0. The Labute approximate surface area is 121 Å². The van der Waals surface area contributed by atoms with E-state index in [1.165, 1.54) is 5.01 Å². The lowest BCUT2D eigenvalue weighted by Crippen LogP contribution is -2.16. The van der Waals surface area contributed by atoms with Gasteiger partial charge in [0.2, 0.25) is 0 Å². The molecular formula is C13H14Cl2N2S. The summed E-state index contributed by atoms with van der Waals surface area (Å²) in [4.78, 5) is 4.42. The summed E-state index contributed by atoms with van der Waals surface area (Å²) in [5, 5.41) is 7.98. The lowest BCUT2D eigenvalue weighted by molar-refractivity contribution is 0.685. The van der Waals surface area contributed by atoms with E-state index in [1.807, 2.05) is 19.1 Å². The molecule has 1 N–H and O–H groups in total. The first-order chi connectivity index (χ1) is 8.65. The Bertz CT molecular complexity index is 525. The highest BCUT2D eigenvalue weighted by atomic mass is 35.5. The van der Waals surface area contributed by atoms with E-state index in [-0.39, 0.29) is 0 Å². The number of aromatic nitrogens is 1. The molecule has 2 nitrogen and oxygen atoms in total. The van der Waals surface area contributed by atoms with E-state index < -0.39 is 0 Å². The molecule has 0 aliphatic carbocycles. The van der Waals surface area contributed by atoms with Crippen molar-refractivity contribution in [1.29, 1.82) is 0 Å². The van der Waals surface area contributed by atoms with Gasteiger partial charge < -0.3 is 5.32 Å². The molecule has 18 heavy (non-hydrogen) atoms. The number of thiazole rings is 1. The van der Waals surface area contributed by atoms with Crippen LogP contribution in [0.5, 0.6) is 0 Å². The van der Waals surface area contributed by atoms with Crippen LogP contribution in [-0.4, -0.2) is 11.5 Å². The Morgan fingerprint density at radius 1 is 1.33 bits per heavy atom. The maximum atomic E-state index is 6.09. The molecule has 1 aromatic carbocycles. The third-order valence-electron chi connectivity index (χ3n) is 2.51. The van der Waals surface area contributed by atoms with E-state index in [0.29, 0.717) is 10.0 Å². The maximum Gasteiger partial charge on any atom is 0.0940 e. The van der Waals surface area contributed by atoms with Crippen LogP contribution in [0.15, 0.2) is 23.6 Å². The Morgan fingerprint density at radius 2 is 2.17 bits per heavy atom. The van der Waals surface area contributed by atoms with Crippen molar-refractivity contribution in [3.05, 3.63) is 49.9 Å². The highest BCUT2D eigenvalue weighted by molar-refractivity contribution is 7.09. The Morgan fingerprint density at radius 3 is 2.83 bits per heavy atom. The molecule has 0 radical (unpaired) electrons. The molecule has 1 aromatic heterocycles. The summed E-state index contributed by atoms with van der Waals surface area (Å²) in [7, 11) is 0. The number of nitrogens with zero attached hydrogens (tertiary/aromatic N) is 1. The first-order valence-electron chi connectivity index (χ1n) is 5.71. The Balaban J connectivity index is 1.78. The van der Waals surface area contributed by atoms with Crippen molar-refractivity contribution in [2.24, 2.45) is 0 Å². The first kappa shape index (κ1) is 13.8. The molecular weight excluding hydrogens is 287 g/mol. The maximum absolute atomic E-state index is 6.09. The van der Waals surface area contributed by atoms with E-state index in [1.54, 1.807) is 17.4 Å². The summed E-state index contributed by atoms with van der Waals surface area (Å²) in [6, 6.07) is 5.57. The van der Waals surface area contributed by atoms with Gasteiger partial charge in [0.1, 0.15) is 0 Å². The van der Waals surface area contributed by atoms with Gasteiger partial charge in [0.05, 0.1) is 5.01 Å². The predicted octanol–water partition coefficient (Wildman–Crippen LogP) is 4.09. The van der Waals surface area contributed by atoms with E-state index in [9.17, 15) is 0 Å². The van der Waals surface area contributed by atoms with Gasteiger partial charge in [-0.15, -0.1) is 11.3 Å². The van der Waals surface area contributed by atoms with Crippen LogP contribution in [0, 0.1) is 6.92 Å². The molecule has 1 heterocycles. The molecule has 0 fully saturated rings. The normalized spacial score (nSPS) is 10.8. The molecule has 0 unspecified atom stereocenters. The van der Waals surface area contributed by atoms with Gasteiger partial charge in [-0.05, 0) is 24.6 Å². The van der Waals surface area contributed by atoms with Gasteiger partial charge in [0.15, 0.2) is 0 Å². The summed E-state index contributed by atoms with van der Waals surface area (Å²) in [6.45, 7) is 3.66. The predicted molar refractivity (Wildman–Crippen MR) is 78.7 cm³/mol. The largest absolute Gasteiger partial charge is 0.312 e. The molecule has 0 bridgehead atoms. The van der Waals surface area contributed by atoms with Crippen LogP contribution in [0.25, 0.3) is 0 Å². The van der Waals surface area contributed by atoms with Crippen molar-refractivity contribution in [2.75, 3.05) is 6.54 Å². The first-order valence-corrected chi connectivity index (χ1v) is 7.34. The molecule has 2 aromatic rings. The van der Waals surface area contributed by atoms with Gasteiger partial charge in [0, 0.05) is 40.6 Å². The number of hydrogen-bond acceptors (Lipinski definition) is 3. The van der Waals surface area contributed by atoms with Gasteiger partial charge in [-0.1, -0.05) is 29.3 Å². The molecule has 0 aliphatic rings. The van der Waals surface area contributed by atoms with Crippen molar-refractivity contribution >= 4 is 34.5 Å². The smallest absolute Gasteiger partial charge is 0.0940 e. The minimum atomic E-state index is 0.669. The van der Waals surface area contributed by atoms with Gasteiger partial charge in [-0.2, -0.15) is 0 Å². The van der Waals surface area contributed by atoms with E-state index in [4.69, 9.17) is 23.2 Å². The number of halogens is 2. The number of rotatable bonds is 5. The zero-order valence-electron chi connectivity index (χ0n) is 10.0. The van der Waals surface area contributed by atoms with Gasteiger partial charge in [-0.25, -0.2) is 4.98 Å². The summed E-state index contributed by atoms with van der Waals surface area (Å²) in [5.41, 5.74) is 2.16. The third-order valence-corrected chi connectivity index (χ3v) is 4.13. The molecule has 2 rings (SSSR count). The molecule has 5 heteroatoms. The highest BCUT2D eigenvalue weighted by Gasteiger charge is 2.02. The zero-order valence-corrected chi connectivity index (χ0v) is 12.4. The molecule has 0 amide bonds. The van der Waals surface area contributed by atoms with Crippen LogP contribution in [0.3, 0.4) is 0 Å². The van der Waals surface area contributed by atoms with Crippen LogP contribution < -0.4 is 5.32 Å². The zero-order chi connectivity index (χ0) is 13.0. The van der Waals surface area contributed by atoms with E-state index in [2.05, 4.69) is 15.7 Å². The fraction of sp³-hybridized carbons (Fsp3) is 0.308. The Kier molecular flexibility index (Phi) is 5.01. The van der Waals surface area contributed by atoms with Crippen molar-refractivity contribution in [1.82, 2.24) is 10.3 Å². The molecule has 0 saturated heterocycles. The number of nitrogens with one attached hydrogen (secondary N) is 1. The molecule has 0 spiro atoms. The van der Waals surface area contributed by atoms with Crippen LogP contribution in [-0.2, 0) is 13.0 Å². The third kappa shape index (κ3) is 3.95. The number of benzene rings is 1. The average molecular weight is 301 g/mol. The lowest BCUT2D eigenvalue weighted by Gasteiger charge is -2.06. The summed E-state index contributed by atoms with van der Waals surface area (Å²) in [6.07, 6.45) is 0.948. The quantitative estimate of drug-likeness (QED) is 0.841. The van der Waals surface area contributed by atoms with Gasteiger partial charge >= 0.3 is 0 Å². The standard InChI is InChI=1S/C13H14Cl2N2S/c1-9-8-18-13(17-9)4-5-16-7-10-2-3-11(14)6-12(10)15/h2-3,6,8,16H,4-5,7H2,1H3. The van der Waals surface area contributed by atoms with Crippen LogP contribution in [0.2, 0.25) is 10.0 Å². The fourth-order valence-corrected chi connectivity index (χ4v) is 2.85. The van der Waals surface area contributed by atoms with Crippen molar-refractivity contribution in [3.8, 4) is 0 Å². The topological polar surface area (TPSA) is 24.9 Å². The van der Waals surface area contributed by atoms with Crippen LogP contribution in [0.1, 0.15) is 16.3 Å². The summed E-state index contributed by atoms with van der Waals surface area (Å²) >= 11 is 13.6. The number of hydrogen-bond donors (Lipinski definition) is 1. The van der Waals surface area contributed by atoms with Gasteiger partial charge in [0.25, 0.3) is 0 Å². The molecule has 0 aliphatic heterocycles. The number of aryl methyl sites for hydroxylation is 1. The minimum Gasteiger partial charge on any atom is -0.312 e. The summed E-state index contributed by atoms with van der Waals surface area (Å²) in [5.74, 6) is 0. The molecule has 0 atom stereocenters. The van der Waals surface area contributed by atoms with Crippen molar-refractivity contribution < 1.29 is 0 Å². The second kappa shape index (κ2) is 6.53. The van der Waals surface area contributed by atoms with E-state index >= 15 is 0 Å². The monoisotopic (exact) mass is 300 g/mol. The SMILES string of the molecule is Cc1csc(CCNCc2ccc(Cl)cc2Cl)n1.